The normalized spacial score (nSPS) is 32.0. The van der Waals surface area contributed by atoms with Gasteiger partial charge in [-0.1, -0.05) is 24.4 Å². The second-order valence-electron chi connectivity index (χ2n) is 4.59. The summed E-state index contributed by atoms with van der Waals surface area (Å²) >= 11 is 6.06. The van der Waals surface area contributed by atoms with Crippen LogP contribution in [0.15, 0.2) is 18.2 Å². The fraction of sp³-hybridized carbons (Fsp3) is 0.538. The molecule has 0 amide bonds. The number of methoxy groups -OCH3 is 1. The van der Waals surface area contributed by atoms with E-state index in [1.165, 1.54) is 12.8 Å². The molecule has 1 aromatic rings. The van der Waals surface area contributed by atoms with Gasteiger partial charge in [0.05, 0.1) is 13.2 Å². The van der Waals surface area contributed by atoms with Gasteiger partial charge in [-0.3, -0.25) is 0 Å². The standard InChI is InChI=1S/C13H15ClO2/c1-15-11-6-5-9(14)8-10(11)13-7-3-2-4-12(13)16-13/h5-6,8,12H,2-4,7H2,1H3. The monoisotopic (exact) mass is 238 g/mol. The van der Waals surface area contributed by atoms with Crippen molar-refractivity contribution in [2.24, 2.45) is 0 Å². The Bertz CT molecular complexity index is 418. The molecule has 1 heterocycles. The minimum atomic E-state index is -0.0888. The van der Waals surface area contributed by atoms with Gasteiger partial charge in [0.25, 0.3) is 0 Å². The summed E-state index contributed by atoms with van der Waals surface area (Å²) in [5.74, 6) is 0.897. The van der Waals surface area contributed by atoms with Crippen molar-refractivity contribution in [2.45, 2.75) is 37.4 Å². The van der Waals surface area contributed by atoms with Gasteiger partial charge in [-0.2, -0.15) is 0 Å². The first-order valence-corrected chi connectivity index (χ1v) is 6.16. The van der Waals surface area contributed by atoms with Crippen molar-refractivity contribution in [1.82, 2.24) is 0 Å². The molecule has 0 bridgehead atoms. The first-order valence-electron chi connectivity index (χ1n) is 5.78. The summed E-state index contributed by atoms with van der Waals surface area (Å²) in [7, 11) is 1.70. The lowest BCUT2D eigenvalue weighted by molar-refractivity contribution is 0.280. The fourth-order valence-electron chi connectivity index (χ4n) is 2.83. The number of rotatable bonds is 2. The zero-order chi connectivity index (χ0) is 11.2. The molecule has 3 heteroatoms. The highest BCUT2D eigenvalue weighted by Crippen LogP contribution is 2.57. The van der Waals surface area contributed by atoms with Crippen LogP contribution in [0.4, 0.5) is 0 Å². The Morgan fingerprint density at radius 2 is 2.31 bits per heavy atom. The van der Waals surface area contributed by atoms with Gasteiger partial charge in [0.1, 0.15) is 11.4 Å². The van der Waals surface area contributed by atoms with E-state index >= 15 is 0 Å². The topological polar surface area (TPSA) is 21.8 Å². The summed E-state index contributed by atoms with van der Waals surface area (Å²) in [6.45, 7) is 0. The van der Waals surface area contributed by atoms with E-state index in [0.717, 1.165) is 29.2 Å². The molecule has 0 aromatic heterocycles. The molecule has 1 aliphatic carbocycles. The summed E-state index contributed by atoms with van der Waals surface area (Å²) in [5, 5.41) is 0.755. The van der Waals surface area contributed by atoms with Crippen LogP contribution in [0.3, 0.4) is 0 Å². The number of benzene rings is 1. The highest BCUT2D eigenvalue weighted by atomic mass is 35.5. The molecule has 1 saturated carbocycles. The number of hydrogen-bond acceptors (Lipinski definition) is 2. The van der Waals surface area contributed by atoms with Crippen molar-refractivity contribution in [2.75, 3.05) is 7.11 Å². The molecule has 0 N–H and O–H groups in total. The van der Waals surface area contributed by atoms with Gasteiger partial charge in [0.2, 0.25) is 0 Å². The van der Waals surface area contributed by atoms with E-state index < -0.39 is 0 Å². The van der Waals surface area contributed by atoms with Crippen LogP contribution in [0.2, 0.25) is 5.02 Å². The molecule has 0 spiro atoms. The molecule has 1 aromatic carbocycles. The Kier molecular flexibility index (Phi) is 2.37. The Morgan fingerprint density at radius 1 is 1.44 bits per heavy atom. The van der Waals surface area contributed by atoms with Gasteiger partial charge in [0.15, 0.2) is 0 Å². The molecule has 1 saturated heterocycles. The van der Waals surface area contributed by atoms with Crippen LogP contribution in [0, 0.1) is 0 Å². The Hall–Kier alpha value is -0.730. The minimum Gasteiger partial charge on any atom is -0.496 e. The average molecular weight is 239 g/mol. The number of ether oxygens (including phenoxy) is 2. The lowest BCUT2D eigenvalue weighted by atomic mass is 9.83. The Balaban J connectivity index is 2.02. The quantitative estimate of drug-likeness (QED) is 0.736. The van der Waals surface area contributed by atoms with E-state index in [0.29, 0.717) is 6.10 Å². The highest BCUT2D eigenvalue weighted by Gasteiger charge is 2.59. The zero-order valence-corrected chi connectivity index (χ0v) is 10.1. The van der Waals surface area contributed by atoms with Crippen molar-refractivity contribution in [3.8, 4) is 5.75 Å². The van der Waals surface area contributed by atoms with Gasteiger partial charge < -0.3 is 9.47 Å². The van der Waals surface area contributed by atoms with Crippen LogP contribution in [-0.2, 0) is 10.3 Å². The first kappa shape index (κ1) is 10.4. The van der Waals surface area contributed by atoms with E-state index in [1.54, 1.807) is 7.11 Å². The summed E-state index contributed by atoms with van der Waals surface area (Å²) in [6, 6.07) is 5.78. The first-order chi connectivity index (χ1) is 7.76. The predicted octanol–water partition coefficient (Wildman–Crippen LogP) is 3.52. The van der Waals surface area contributed by atoms with Gasteiger partial charge >= 0.3 is 0 Å². The van der Waals surface area contributed by atoms with Crippen molar-refractivity contribution < 1.29 is 9.47 Å². The van der Waals surface area contributed by atoms with Crippen LogP contribution in [0.25, 0.3) is 0 Å². The molecule has 86 valence electrons. The number of epoxide rings is 1. The number of halogens is 1. The van der Waals surface area contributed by atoms with Gasteiger partial charge in [-0.05, 0) is 31.0 Å². The molecule has 2 unspecified atom stereocenters. The van der Waals surface area contributed by atoms with Crippen LogP contribution < -0.4 is 4.74 Å². The minimum absolute atomic E-state index is 0.0888. The van der Waals surface area contributed by atoms with E-state index in [-0.39, 0.29) is 5.60 Å². The third-order valence-electron chi connectivity index (χ3n) is 3.70. The maximum Gasteiger partial charge on any atom is 0.125 e. The SMILES string of the molecule is COc1ccc(Cl)cc1C12CCCCC1O2. The summed E-state index contributed by atoms with van der Waals surface area (Å²) < 4.78 is 11.3. The van der Waals surface area contributed by atoms with Crippen LogP contribution in [-0.4, -0.2) is 13.2 Å². The number of hydrogen-bond donors (Lipinski definition) is 0. The number of fused-ring (bicyclic) bond motifs is 1. The lowest BCUT2D eigenvalue weighted by Crippen LogP contribution is -2.18. The second kappa shape index (κ2) is 3.64. The fourth-order valence-corrected chi connectivity index (χ4v) is 3.00. The Labute approximate surface area is 101 Å². The molecule has 3 rings (SSSR count). The summed E-state index contributed by atoms with van der Waals surface area (Å²) in [5.41, 5.74) is 1.04. The van der Waals surface area contributed by atoms with E-state index in [1.807, 2.05) is 18.2 Å². The molecule has 2 atom stereocenters. The van der Waals surface area contributed by atoms with Crippen LogP contribution in [0.5, 0.6) is 5.75 Å². The summed E-state index contributed by atoms with van der Waals surface area (Å²) in [4.78, 5) is 0. The van der Waals surface area contributed by atoms with Gasteiger partial charge in [-0.25, -0.2) is 0 Å². The maximum absolute atomic E-state index is 6.06. The van der Waals surface area contributed by atoms with Crippen molar-refractivity contribution in [3.05, 3.63) is 28.8 Å². The Morgan fingerprint density at radius 3 is 3.06 bits per heavy atom. The van der Waals surface area contributed by atoms with Gasteiger partial charge in [-0.15, -0.1) is 0 Å². The molecule has 1 aliphatic heterocycles. The van der Waals surface area contributed by atoms with Crippen molar-refractivity contribution >= 4 is 11.6 Å². The van der Waals surface area contributed by atoms with E-state index in [9.17, 15) is 0 Å². The van der Waals surface area contributed by atoms with E-state index in [4.69, 9.17) is 21.1 Å². The molecular weight excluding hydrogens is 224 g/mol. The van der Waals surface area contributed by atoms with Crippen LogP contribution in [0.1, 0.15) is 31.2 Å². The zero-order valence-electron chi connectivity index (χ0n) is 9.33. The molecule has 2 nitrogen and oxygen atoms in total. The summed E-state index contributed by atoms with van der Waals surface area (Å²) in [6.07, 6.45) is 5.14. The highest BCUT2D eigenvalue weighted by molar-refractivity contribution is 6.30. The van der Waals surface area contributed by atoms with Crippen molar-refractivity contribution in [1.29, 1.82) is 0 Å². The average Bonchev–Trinajstić information content (AvgIpc) is 3.04. The third-order valence-corrected chi connectivity index (χ3v) is 3.93. The largest absolute Gasteiger partial charge is 0.496 e. The second-order valence-corrected chi connectivity index (χ2v) is 5.02. The molecule has 0 radical (unpaired) electrons. The third kappa shape index (κ3) is 1.44. The van der Waals surface area contributed by atoms with Crippen molar-refractivity contribution in [3.63, 3.8) is 0 Å². The molecular formula is C13H15ClO2. The van der Waals surface area contributed by atoms with Gasteiger partial charge in [0, 0.05) is 10.6 Å². The van der Waals surface area contributed by atoms with Crippen LogP contribution >= 0.6 is 11.6 Å². The maximum atomic E-state index is 6.06. The molecule has 16 heavy (non-hydrogen) atoms. The lowest BCUT2D eigenvalue weighted by Gasteiger charge is -2.20. The predicted molar refractivity (Wildman–Crippen MR) is 63.0 cm³/mol. The molecule has 2 fully saturated rings. The smallest absolute Gasteiger partial charge is 0.125 e. The van der Waals surface area contributed by atoms with E-state index in [2.05, 4.69) is 0 Å². The molecule has 2 aliphatic rings.